The first-order chi connectivity index (χ1) is 14.2. The molecule has 1 heterocycles. The van der Waals surface area contributed by atoms with Crippen LogP contribution in [0.15, 0.2) is 47.4 Å². The number of nitrogens with one attached hydrogen (secondary N) is 2. The van der Waals surface area contributed by atoms with Crippen molar-refractivity contribution < 1.29 is 18.0 Å². The summed E-state index contributed by atoms with van der Waals surface area (Å²) in [5.74, 6) is -0.529. The molecule has 30 heavy (non-hydrogen) atoms. The van der Waals surface area contributed by atoms with Gasteiger partial charge in [-0.05, 0) is 68.0 Å². The van der Waals surface area contributed by atoms with E-state index in [0.29, 0.717) is 35.7 Å². The van der Waals surface area contributed by atoms with Gasteiger partial charge >= 0.3 is 0 Å². The molecular weight excluding hydrogens is 402 g/mol. The van der Waals surface area contributed by atoms with Crippen molar-refractivity contribution in [2.75, 3.05) is 13.1 Å². The minimum atomic E-state index is -3.70. The molecule has 2 aromatic carbocycles. The number of carbonyl (C=O) groups is 2. The highest BCUT2D eigenvalue weighted by Crippen LogP contribution is 2.28. The molecule has 2 aromatic rings. The molecule has 2 amide bonds. The van der Waals surface area contributed by atoms with Gasteiger partial charge in [-0.3, -0.25) is 20.4 Å². The number of hydrogen-bond acceptors (Lipinski definition) is 4. The van der Waals surface area contributed by atoms with E-state index in [1.807, 2.05) is 0 Å². The van der Waals surface area contributed by atoms with Gasteiger partial charge in [-0.25, -0.2) is 8.42 Å². The molecule has 1 aliphatic heterocycles. The summed E-state index contributed by atoms with van der Waals surface area (Å²) in [6.45, 7) is 6.59. The van der Waals surface area contributed by atoms with Gasteiger partial charge in [-0.15, -0.1) is 0 Å². The van der Waals surface area contributed by atoms with E-state index in [-0.39, 0.29) is 10.5 Å². The Bertz CT molecular complexity index is 1040. The number of amides is 2. The quantitative estimate of drug-likeness (QED) is 0.731. The Hall–Kier alpha value is -2.71. The Morgan fingerprint density at radius 2 is 1.50 bits per heavy atom. The maximum absolute atomic E-state index is 13.2. The van der Waals surface area contributed by atoms with Crippen molar-refractivity contribution in [1.82, 2.24) is 15.2 Å². The largest absolute Gasteiger partial charge is 0.269 e. The topological polar surface area (TPSA) is 95.6 Å². The molecule has 8 heteroatoms. The Morgan fingerprint density at radius 3 is 2.10 bits per heavy atom. The second kappa shape index (κ2) is 8.97. The summed E-state index contributed by atoms with van der Waals surface area (Å²) >= 11 is 0. The first-order valence-corrected chi connectivity index (χ1v) is 11.4. The minimum absolute atomic E-state index is 0.136. The van der Waals surface area contributed by atoms with Crippen molar-refractivity contribution in [3.63, 3.8) is 0 Å². The summed E-state index contributed by atoms with van der Waals surface area (Å²) < 4.78 is 27.9. The highest BCUT2D eigenvalue weighted by molar-refractivity contribution is 7.89. The molecule has 7 nitrogen and oxygen atoms in total. The van der Waals surface area contributed by atoms with Crippen LogP contribution in [0.3, 0.4) is 0 Å². The lowest BCUT2D eigenvalue weighted by Gasteiger charge is -2.30. The van der Waals surface area contributed by atoms with Crippen LogP contribution in [-0.4, -0.2) is 37.6 Å². The van der Waals surface area contributed by atoms with Crippen molar-refractivity contribution in [2.24, 2.45) is 5.92 Å². The first kappa shape index (κ1) is 22.0. The number of nitrogens with zero attached hydrogens (tertiary/aromatic N) is 1. The predicted molar refractivity (Wildman–Crippen MR) is 114 cm³/mol. The normalized spacial score (nSPS) is 15.6. The van der Waals surface area contributed by atoms with Gasteiger partial charge in [0.25, 0.3) is 11.8 Å². The van der Waals surface area contributed by atoms with E-state index < -0.39 is 21.8 Å². The van der Waals surface area contributed by atoms with Crippen LogP contribution in [0.4, 0.5) is 0 Å². The molecule has 0 bridgehead atoms. The number of piperidine rings is 1. The van der Waals surface area contributed by atoms with E-state index in [0.717, 1.165) is 12.8 Å². The second-order valence-electron chi connectivity index (χ2n) is 7.78. The van der Waals surface area contributed by atoms with Crippen molar-refractivity contribution >= 4 is 21.8 Å². The van der Waals surface area contributed by atoms with Gasteiger partial charge in [0.2, 0.25) is 10.0 Å². The van der Waals surface area contributed by atoms with Crippen LogP contribution in [0.2, 0.25) is 0 Å². The third kappa shape index (κ3) is 4.71. The van der Waals surface area contributed by atoms with Crippen LogP contribution in [0.1, 0.15) is 51.6 Å². The number of hydrogen-bond donors (Lipinski definition) is 2. The van der Waals surface area contributed by atoms with Crippen molar-refractivity contribution in [2.45, 2.75) is 38.5 Å². The average molecular weight is 430 g/mol. The highest BCUT2D eigenvalue weighted by Gasteiger charge is 2.30. The van der Waals surface area contributed by atoms with Crippen LogP contribution >= 0.6 is 0 Å². The molecule has 1 fully saturated rings. The van der Waals surface area contributed by atoms with E-state index in [4.69, 9.17) is 0 Å². The fourth-order valence-electron chi connectivity index (χ4n) is 3.44. The summed E-state index contributed by atoms with van der Waals surface area (Å²) in [7, 11) is -3.70. The highest BCUT2D eigenvalue weighted by atomic mass is 32.2. The molecule has 2 N–H and O–H groups in total. The molecule has 3 rings (SSSR count). The maximum Gasteiger partial charge on any atom is 0.269 e. The lowest BCUT2D eigenvalue weighted by atomic mass is 10.0. The molecule has 0 aromatic heterocycles. The fourth-order valence-corrected chi connectivity index (χ4v) is 5.23. The van der Waals surface area contributed by atoms with Crippen molar-refractivity contribution in [3.05, 3.63) is 64.7 Å². The van der Waals surface area contributed by atoms with Gasteiger partial charge in [-0.2, -0.15) is 4.31 Å². The number of sulfonamides is 1. The number of carbonyl (C=O) groups excluding carboxylic acids is 2. The molecular formula is C22H27N3O4S. The average Bonchev–Trinajstić information content (AvgIpc) is 2.74. The smallest absolute Gasteiger partial charge is 0.267 e. The zero-order valence-electron chi connectivity index (χ0n) is 17.4. The van der Waals surface area contributed by atoms with Crippen LogP contribution in [0.5, 0.6) is 0 Å². The summed E-state index contributed by atoms with van der Waals surface area (Å²) in [5.41, 5.74) is 6.62. The lowest BCUT2D eigenvalue weighted by Crippen LogP contribution is -2.42. The summed E-state index contributed by atoms with van der Waals surface area (Å²) in [6.07, 6.45) is 1.64. The molecule has 0 atom stereocenters. The Morgan fingerprint density at radius 1 is 0.933 bits per heavy atom. The molecule has 0 aliphatic carbocycles. The summed E-state index contributed by atoms with van der Waals surface area (Å²) in [6, 6.07) is 11.5. The third-order valence-electron chi connectivity index (χ3n) is 5.57. The molecule has 1 saturated heterocycles. The Kier molecular flexibility index (Phi) is 6.58. The van der Waals surface area contributed by atoms with E-state index in [1.165, 1.54) is 10.4 Å². The lowest BCUT2D eigenvalue weighted by molar-refractivity contribution is 0.0846. The zero-order valence-corrected chi connectivity index (χ0v) is 18.3. The van der Waals surface area contributed by atoms with Gasteiger partial charge in [0.1, 0.15) is 0 Å². The van der Waals surface area contributed by atoms with Crippen LogP contribution in [0.25, 0.3) is 0 Å². The van der Waals surface area contributed by atoms with E-state index in [9.17, 15) is 18.0 Å². The first-order valence-electron chi connectivity index (χ1n) is 9.97. The summed E-state index contributed by atoms with van der Waals surface area (Å²) in [5, 5.41) is 0. The molecule has 0 unspecified atom stereocenters. The van der Waals surface area contributed by atoms with E-state index in [1.54, 1.807) is 50.2 Å². The molecule has 0 spiro atoms. The Labute approximate surface area is 177 Å². The van der Waals surface area contributed by atoms with Gasteiger partial charge < -0.3 is 0 Å². The van der Waals surface area contributed by atoms with Crippen molar-refractivity contribution in [1.29, 1.82) is 0 Å². The maximum atomic E-state index is 13.2. The van der Waals surface area contributed by atoms with Gasteiger partial charge in [0.15, 0.2) is 0 Å². The fraction of sp³-hybridized carbons (Fsp3) is 0.364. The van der Waals surface area contributed by atoms with E-state index in [2.05, 4.69) is 17.8 Å². The number of hydrazine groups is 1. The zero-order chi connectivity index (χ0) is 21.9. The second-order valence-corrected chi connectivity index (χ2v) is 9.68. The third-order valence-corrected chi connectivity index (χ3v) is 7.59. The van der Waals surface area contributed by atoms with E-state index >= 15 is 0 Å². The number of benzene rings is 2. The molecule has 160 valence electrons. The molecule has 0 radical (unpaired) electrons. The van der Waals surface area contributed by atoms with Crippen LogP contribution in [0, 0.1) is 19.8 Å². The minimum Gasteiger partial charge on any atom is -0.267 e. The van der Waals surface area contributed by atoms with Gasteiger partial charge in [0.05, 0.1) is 4.90 Å². The number of aryl methyl sites for hydroxylation is 1. The molecule has 1 aliphatic rings. The van der Waals surface area contributed by atoms with Crippen LogP contribution < -0.4 is 10.9 Å². The Balaban J connectivity index is 1.80. The standard InChI is InChI=1S/C22H27N3O4S/c1-15-9-11-25(12-10-15)30(28,29)20-14-19(13-16(2)17(20)3)22(27)24-23-21(26)18-7-5-4-6-8-18/h4-8,13-15H,9-12H2,1-3H3,(H,23,26)(H,24,27). The number of rotatable bonds is 4. The SMILES string of the molecule is Cc1cc(C(=O)NNC(=O)c2ccccc2)cc(S(=O)(=O)N2CCC(C)CC2)c1C. The monoisotopic (exact) mass is 429 g/mol. The van der Waals surface area contributed by atoms with Gasteiger partial charge in [-0.1, -0.05) is 25.1 Å². The van der Waals surface area contributed by atoms with Crippen LogP contribution in [-0.2, 0) is 10.0 Å². The van der Waals surface area contributed by atoms with Crippen molar-refractivity contribution in [3.8, 4) is 0 Å². The molecule has 0 saturated carbocycles. The van der Waals surface area contributed by atoms with Gasteiger partial charge in [0, 0.05) is 24.2 Å². The predicted octanol–water partition coefficient (Wildman–Crippen LogP) is 2.80. The summed E-state index contributed by atoms with van der Waals surface area (Å²) in [4.78, 5) is 24.9.